The Morgan fingerprint density at radius 1 is 1.33 bits per heavy atom. The smallest absolute Gasteiger partial charge is 0.304 e. The summed E-state index contributed by atoms with van der Waals surface area (Å²) in [4.78, 5) is 25.0. The van der Waals surface area contributed by atoms with E-state index in [4.69, 9.17) is 5.11 Å². The number of hydrogen-bond acceptors (Lipinski definition) is 5. The maximum atomic E-state index is 12.5. The number of carboxylic acid groups (broad SMARTS) is 1. The Kier molecular flexibility index (Phi) is 7.96. The predicted octanol–water partition coefficient (Wildman–Crippen LogP) is 3.36. The van der Waals surface area contributed by atoms with E-state index in [1.165, 1.54) is 0 Å². The molecule has 1 aromatic rings. The fourth-order valence-corrected chi connectivity index (χ4v) is 2.87. The summed E-state index contributed by atoms with van der Waals surface area (Å²) in [5.74, 6) is 0.771. The summed E-state index contributed by atoms with van der Waals surface area (Å²) in [6.07, 6.45) is 0.134. The van der Waals surface area contributed by atoms with Gasteiger partial charge in [-0.25, -0.2) is 0 Å². The Morgan fingerprint density at radius 2 is 2.00 bits per heavy atom. The van der Waals surface area contributed by atoms with E-state index in [1.54, 1.807) is 11.8 Å². The normalized spacial score (nSPS) is 11.2. The highest BCUT2D eigenvalue weighted by molar-refractivity contribution is 7.98. The zero-order valence-electron chi connectivity index (χ0n) is 14.6. The van der Waals surface area contributed by atoms with Gasteiger partial charge in [0.15, 0.2) is 0 Å². The monoisotopic (exact) mass is 370 g/mol. The van der Waals surface area contributed by atoms with Crippen molar-refractivity contribution in [2.24, 2.45) is 5.41 Å². The van der Waals surface area contributed by atoms with Crippen LogP contribution < -0.4 is 10.2 Å². The molecular weight excluding hydrogens is 344 g/mol. The van der Waals surface area contributed by atoms with Crippen LogP contribution in [-0.4, -0.2) is 42.6 Å². The largest absolute Gasteiger partial charge is 0.481 e. The number of thiol groups is 1. The number of thioether (sulfide) groups is 1. The van der Waals surface area contributed by atoms with Crippen LogP contribution in [0.5, 0.6) is 0 Å². The van der Waals surface area contributed by atoms with Crippen LogP contribution in [0.4, 0.5) is 11.4 Å². The lowest BCUT2D eigenvalue weighted by Gasteiger charge is -2.23. The van der Waals surface area contributed by atoms with Crippen LogP contribution in [0.1, 0.15) is 25.8 Å². The molecule has 0 radical (unpaired) electrons. The van der Waals surface area contributed by atoms with Crippen LogP contribution in [0.3, 0.4) is 0 Å². The highest BCUT2D eigenvalue weighted by Crippen LogP contribution is 2.28. The van der Waals surface area contributed by atoms with E-state index in [0.717, 1.165) is 16.9 Å². The van der Waals surface area contributed by atoms with Crippen molar-refractivity contribution in [3.05, 3.63) is 23.8 Å². The predicted molar refractivity (Wildman–Crippen MR) is 105 cm³/mol. The van der Waals surface area contributed by atoms with Gasteiger partial charge in [-0.2, -0.15) is 24.4 Å². The number of benzene rings is 1. The van der Waals surface area contributed by atoms with E-state index in [0.29, 0.717) is 17.3 Å². The summed E-state index contributed by atoms with van der Waals surface area (Å²) in [5.41, 5.74) is 2.18. The molecule has 0 saturated heterocycles. The molecular formula is C17H26N2O3S2. The molecule has 0 spiro atoms. The average molecular weight is 371 g/mol. The van der Waals surface area contributed by atoms with Crippen molar-refractivity contribution in [2.75, 3.05) is 35.8 Å². The summed E-state index contributed by atoms with van der Waals surface area (Å²) in [7, 11) is 3.89. The van der Waals surface area contributed by atoms with Crippen molar-refractivity contribution in [1.29, 1.82) is 0 Å². The maximum Gasteiger partial charge on any atom is 0.304 e. The molecule has 0 aromatic heterocycles. The first kappa shape index (κ1) is 20.7. The molecule has 24 heavy (non-hydrogen) atoms. The lowest BCUT2D eigenvalue weighted by Crippen LogP contribution is -2.32. The van der Waals surface area contributed by atoms with E-state index < -0.39 is 11.4 Å². The second-order valence-electron chi connectivity index (χ2n) is 6.43. The van der Waals surface area contributed by atoms with E-state index in [9.17, 15) is 9.59 Å². The highest BCUT2D eigenvalue weighted by atomic mass is 32.2. The van der Waals surface area contributed by atoms with Gasteiger partial charge in [0.1, 0.15) is 0 Å². The van der Waals surface area contributed by atoms with Gasteiger partial charge in [-0.3, -0.25) is 9.59 Å². The Balaban J connectivity index is 2.93. The molecule has 1 rings (SSSR count). The third kappa shape index (κ3) is 6.28. The molecule has 134 valence electrons. The second kappa shape index (κ2) is 9.22. The van der Waals surface area contributed by atoms with E-state index in [2.05, 4.69) is 17.9 Å². The molecule has 0 aliphatic heterocycles. The van der Waals surface area contributed by atoms with Gasteiger partial charge >= 0.3 is 5.97 Å². The highest BCUT2D eigenvalue weighted by Gasteiger charge is 2.26. The Labute approximate surface area is 153 Å². The fourth-order valence-electron chi connectivity index (χ4n) is 1.79. The molecule has 0 unspecified atom stereocenters. The molecule has 0 aliphatic carbocycles. The lowest BCUT2D eigenvalue weighted by atomic mass is 9.95. The number of rotatable bonds is 9. The number of nitrogens with zero attached hydrogens (tertiary/aromatic N) is 1. The molecule has 0 atom stereocenters. The van der Waals surface area contributed by atoms with E-state index >= 15 is 0 Å². The van der Waals surface area contributed by atoms with Gasteiger partial charge in [0, 0.05) is 42.7 Å². The molecule has 0 heterocycles. The van der Waals surface area contributed by atoms with Gasteiger partial charge in [-0.05, 0) is 17.7 Å². The average Bonchev–Trinajstić information content (AvgIpc) is 2.52. The van der Waals surface area contributed by atoms with Gasteiger partial charge in [-0.15, -0.1) is 0 Å². The number of anilines is 2. The van der Waals surface area contributed by atoms with Crippen molar-refractivity contribution >= 4 is 47.6 Å². The molecule has 0 fully saturated rings. The Hall–Kier alpha value is -1.34. The standard InChI is InChI=1S/C17H26N2O3S2/c1-17(2,11-23)16(22)18-14-9-13(19(3)4)6-5-12(14)10-24-8-7-15(20)21/h5-6,9,23H,7-8,10-11H2,1-4H3,(H,18,22)(H,20,21). The van der Waals surface area contributed by atoms with Crippen LogP contribution in [0.15, 0.2) is 18.2 Å². The van der Waals surface area contributed by atoms with Gasteiger partial charge in [0.2, 0.25) is 5.91 Å². The summed E-state index contributed by atoms with van der Waals surface area (Å²) in [6.45, 7) is 3.71. The van der Waals surface area contributed by atoms with Crippen molar-refractivity contribution in [3.63, 3.8) is 0 Å². The molecule has 1 aromatic carbocycles. The first-order chi connectivity index (χ1) is 11.2. The fraction of sp³-hybridized carbons (Fsp3) is 0.529. The SMILES string of the molecule is CN(C)c1ccc(CSCCC(=O)O)c(NC(=O)C(C)(C)CS)c1. The van der Waals surface area contributed by atoms with Crippen LogP contribution >= 0.6 is 24.4 Å². The number of nitrogens with one attached hydrogen (secondary N) is 1. The van der Waals surface area contributed by atoms with E-state index in [1.807, 2.05) is 51.0 Å². The van der Waals surface area contributed by atoms with E-state index in [-0.39, 0.29) is 12.3 Å². The first-order valence-corrected chi connectivity index (χ1v) is 9.48. The number of amides is 1. The van der Waals surface area contributed by atoms with Crippen molar-refractivity contribution in [1.82, 2.24) is 0 Å². The molecule has 2 N–H and O–H groups in total. The molecule has 7 heteroatoms. The second-order valence-corrected chi connectivity index (χ2v) is 7.85. The lowest BCUT2D eigenvalue weighted by molar-refractivity contribution is -0.136. The van der Waals surface area contributed by atoms with Gasteiger partial charge < -0.3 is 15.3 Å². The minimum atomic E-state index is -0.797. The van der Waals surface area contributed by atoms with Crippen molar-refractivity contribution in [3.8, 4) is 0 Å². The minimum absolute atomic E-state index is 0.0785. The zero-order valence-corrected chi connectivity index (χ0v) is 16.3. The first-order valence-electron chi connectivity index (χ1n) is 7.69. The molecule has 0 bridgehead atoms. The number of carbonyl (C=O) groups is 2. The van der Waals surface area contributed by atoms with Gasteiger partial charge in [0.25, 0.3) is 0 Å². The van der Waals surface area contributed by atoms with Gasteiger partial charge in [-0.1, -0.05) is 19.9 Å². The molecule has 0 saturated carbocycles. The summed E-state index contributed by atoms with van der Waals surface area (Å²) in [5, 5.41) is 11.7. The quantitative estimate of drug-likeness (QED) is 0.459. The van der Waals surface area contributed by atoms with Crippen LogP contribution in [0.25, 0.3) is 0 Å². The van der Waals surface area contributed by atoms with Crippen LogP contribution in [0.2, 0.25) is 0 Å². The number of carbonyl (C=O) groups excluding carboxylic acids is 1. The number of hydrogen-bond donors (Lipinski definition) is 3. The maximum absolute atomic E-state index is 12.5. The van der Waals surface area contributed by atoms with Gasteiger partial charge in [0.05, 0.1) is 11.8 Å². The topological polar surface area (TPSA) is 69.6 Å². The molecule has 0 aliphatic rings. The molecule has 1 amide bonds. The number of aliphatic carboxylic acids is 1. The third-order valence-corrected chi connectivity index (χ3v) is 5.38. The number of carboxylic acids is 1. The summed E-state index contributed by atoms with van der Waals surface area (Å²) >= 11 is 5.79. The van der Waals surface area contributed by atoms with Crippen molar-refractivity contribution < 1.29 is 14.7 Å². The molecule has 5 nitrogen and oxygen atoms in total. The van der Waals surface area contributed by atoms with Crippen LogP contribution in [-0.2, 0) is 15.3 Å². The third-order valence-electron chi connectivity index (χ3n) is 3.59. The minimum Gasteiger partial charge on any atom is -0.481 e. The van der Waals surface area contributed by atoms with Crippen molar-refractivity contribution in [2.45, 2.75) is 26.0 Å². The van der Waals surface area contributed by atoms with Crippen LogP contribution in [0, 0.1) is 5.41 Å². The summed E-state index contributed by atoms with van der Waals surface area (Å²) < 4.78 is 0. The zero-order chi connectivity index (χ0) is 18.3. The summed E-state index contributed by atoms with van der Waals surface area (Å²) in [6, 6.07) is 5.92. The Morgan fingerprint density at radius 3 is 2.54 bits per heavy atom. The Bertz CT molecular complexity index is 589.